The van der Waals surface area contributed by atoms with Gasteiger partial charge in [-0.1, -0.05) is 26.0 Å². The van der Waals surface area contributed by atoms with Crippen LogP contribution in [-0.4, -0.2) is 47.8 Å². The largest absolute Gasteiger partial charge is 0.453 e. The minimum Gasteiger partial charge on any atom is -0.453 e. The van der Waals surface area contributed by atoms with E-state index in [1.54, 1.807) is 6.21 Å². The van der Waals surface area contributed by atoms with Gasteiger partial charge in [-0.25, -0.2) is 19.8 Å². The van der Waals surface area contributed by atoms with Gasteiger partial charge in [-0.15, -0.1) is 0 Å². The van der Waals surface area contributed by atoms with Crippen molar-refractivity contribution >= 4 is 35.4 Å². The molecule has 0 fully saturated rings. The van der Waals surface area contributed by atoms with Crippen LogP contribution in [-0.2, 0) is 4.74 Å². The number of imidazole rings is 1. The fourth-order valence-corrected chi connectivity index (χ4v) is 4.00. The number of allylic oxidation sites excluding steroid dienone is 2. The number of anilines is 1. The zero-order chi connectivity index (χ0) is 25.0. The summed E-state index contributed by atoms with van der Waals surface area (Å²) in [7, 11) is 1.28. The molecule has 10 heteroatoms. The maximum atomic E-state index is 12.8. The van der Waals surface area contributed by atoms with E-state index >= 15 is 0 Å². The summed E-state index contributed by atoms with van der Waals surface area (Å²) in [5.74, 6) is -0.204. The molecule has 4 rings (SSSR count). The third kappa shape index (κ3) is 5.63. The highest BCUT2D eigenvalue weighted by Gasteiger charge is 2.25. The molecule has 2 aliphatic rings. The second-order valence-electron chi connectivity index (χ2n) is 9.28. The van der Waals surface area contributed by atoms with Crippen LogP contribution in [0.25, 0.3) is 5.57 Å². The first-order valence-electron chi connectivity index (χ1n) is 11.3. The standard InChI is InChI=1S/C25H27N7O3/c1-25(2)8-6-15(7-9-25)19-10-16(17-12-28-23(29-13-17)32-24(34)35-3)4-5-20(19)31-22(33)21-27-14-18(11-26)30-21/h4-6,10,12,14,17H,7-9,13H2,1-3H3,(H,27,30)(H,31,33)(H,29,32,34). The van der Waals surface area contributed by atoms with Crippen LogP contribution in [0.1, 0.15) is 66.5 Å². The molecular weight excluding hydrogens is 446 g/mol. The van der Waals surface area contributed by atoms with Gasteiger partial charge in [0, 0.05) is 23.4 Å². The number of carbonyl (C=O) groups excluding carboxylic acids is 2. The zero-order valence-electron chi connectivity index (χ0n) is 19.9. The number of rotatable bonds is 4. The Morgan fingerprint density at radius 1 is 1.29 bits per heavy atom. The summed E-state index contributed by atoms with van der Waals surface area (Å²) >= 11 is 0. The molecule has 0 saturated carbocycles. The third-order valence-electron chi connectivity index (χ3n) is 6.16. The minimum absolute atomic E-state index is 0.0782. The topological polar surface area (TPSA) is 145 Å². The van der Waals surface area contributed by atoms with Crippen molar-refractivity contribution in [1.29, 1.82) is 5.26 Å². The van der Waals surface area contributed by atoms with Gasteiger partial charge in [0.05, 0.1) is 19.9 Å². The van der Waals surface area contributed by atoms with Gasteiger partial charge in [-0.05, 0) is 47.9 Å². The SMILES string of the molecule is COC(=O)NC1=NCC(c2ccc(NC(=O)c3ncc(C#N)[nH]3)c(C3=CCC(C)(C)CC3)c2)C=N1. The lowest BCUT2D eigenvalue weighted by Crippen LogP contribution is -2.31. The Labute approximate surface area is 203 Å². The van der Waals surface area contributed by atoms with Crippen LogP contribution in [0, 0.1) is 16.7 Å². The molecule has 1 atom stereocenters. The van der Waals surface area contributed by atoms with Gasteiger partial charge in [-0.3, -0.25) is 10.1 Å². The van der Waals surface area contributed by atoms with Gasteiger partial charge in [0.2, 0.25) is 5.96 Å². The number of alkyl carbamates (subject to hydrolysis) is 1. The van der Waals surface area contributed by atoms with Crippen LogP contribution in [0.5, 0.6) is 0 Å². The molecule has 10 nitrogen and oxygen atoms in total. The van der Waals surface area contributed by atoms with E-state index in [-0.39, 0.29) is 28.8 Å². The van der Waals surface area contributed by atoms with Crippen molar-refractivity contribution in [1.82, 2.24) is 15.3 Å². The fraction of sp³-hybridized carbons (Fsp3) is 0.360. The average Bonchev–Trinajstić information content (AvgIpc) is 3.34. The normalized spacial score (nSPS) is 18.6. The van der Waals surface area contributed by atoms with Crippen molar-refractivity contribution in [3.8, 4) is 6.07 Å². The van der Waals surface area contributed by atoms with Crippen molar-refractivity contribution in [3.05, 3.63) is 53.1 Å². The number of aromatic nitrogens is 2. The number of benzene rings is 1. The fourth-order valence-electron chi connectivity index (χ4n) is 4.00. The van der Waals surface area contributed by atoms with Crippen LogP contribution < -0.4 is 10.6 Å². The molecule has 2 amide bonds. The maximum absolute atomic E-state index is 12.8. The van der Waals surface area contributed by atoms with Gasteiger partial charge in [-0.2, -0.15) is 5.26 Å². The van der Waals surface area contributed by atoms with E-state index in [4.69, 9.17) is 5.26 Å². The number of hydrogen-bond acceptors (Lipinski definition) is 7. The summed E-state index contributed by atoms with van der Waals surface area (Å²) in [5, 5.41) is 14.4. The predicted octanol–water partition coefficient (Wildman–Crippen LogP) is 4.01. The molecule has 0 bridgehead atoms. The molecule has 35 heavy (non-hydrogen) atoms. The number of methoxy groups -OCH3 is 1. The van der Waals surface area contributed by atoms with Crippen molar-refractivity contribution < 1.29 is 14.3 Å². The molecule has 2 aromatic rings. The molecule has 0 radical (unpaired) electrons. The first kappa shape index (κ1) is 23.9. The van der Waals surface area contributed by atoms with Gasteiger partial charge in [0.15, 0.2) is 5.82 Å². The number of hydrogen-bond donors (Lipinski definition) is 3. The summed E-state index contributed by atoms with van der Waals surface area (Å²) in [5.41, 5.74) is 4.24. The molecule has 1 aliphatic carbocycles. The number of amides is 2. The molecule has 3 N–H and O–H groups in total. The Kier molecular flexibility index (Phi) is 6.78. The Hall–Kier alpha value is -4.26. The van der Waals surface area contributed by atoms with Crippen molar-refractivity contribution in [2.45, 2.75) is 39.0 Å². The van der Waals surface area contributed by atoms with Crippen LogP contribution in [0.2, 0.25) is 0 Å². The van der Waals surface area contributed by atoms with Crippen molar-refractivity contribution in [2.24, 2.45) is 15.4 Å². The van der Waals surface area contributed by atoms with Gasteiger partial charge >= 0.3 is 6.09 Å². The predicted molar refractivity (Wildman–Crippen MR) is 132 cm³/mol. The zero-order valence-corrected chi connectivity index (χ0v) is 19.9. The second-order valence-corrected chi connectivity index (χ2v) is 9.28. The van der Waals surface area contributed by atoms with E-state index < -0.39 is 12.0 Å². The molecule has 1 aliphatic heterocycles. The lowest BCUT2D eigenvalue weighted by molar-refractivity contribution is 0.101. The molecule has 1 aromatic carbocycles. The number of guanidine groups is 1. The summed E-state index contributed by atoms with van der Waals surface area (Å²) in [6.45, 7) is 4.92. The van der Waals surface area contributed by atoms with E-state index in [0.717, 1.165) is 30.4 Å². The van der Waals surface area contributed by atoms with Crippen LogP contribution >= 0.6 is 0 Å². The maximum Gasteiger partial charge on any atom is 0.413 e. The highest BCUT2D eigenvalue weighted by atomic mass is 16.5. The number of aromatic amines is 1. The number of nitriles is 1. The molecule has 0 spiro atoms. The monoisotopic (exact) mass is 473 g/mol. The summed E-state index contributed by atoms with van der Waals surface area (Å²) in [4.78, 5) is 39.5. The smallest absolute Gasteiger partial charge is 0.413 e. The lowest BCUT2D eigenvalue weighted by atomic mass is 9.76. The van der Waals surface area contributed by atoms with E-state index in [1.807, 2.05) is 18.2 Å². The van der Waals surface area contributed by atoms with Crippen molar-refractivity contribution in [2.75, 3.05) is 19.0 Å². The minimum atomic E-state index is -0.618. The van der Waals surface area contributed by atoms with E-state index in [9.17, 15) is 9.59 Å². The highest BCUT2D eigenvalue weighted by Crippen LogP contribution is 2.40. The molecule has 1 aromatic heterocycles. The van der Waals surface area contributed by atoms with Crippen LogP contribution in [0.4, 0.5) is 10.5 Å². The number of nitrogens with zero attached hydrogens (tertiary/aromatic N) is 4. The van der Waals surface area contributed by atoms with E-state index in [0.29, 0.717) is 12.2 Å². The first-order chi connectivity index (χ1) is 16.8. The molecule has 1 unspecified atom stereocenters. The summed E-state index contributed by atoms with van der Waals surface area (Å²) in [6, 6.07) is 7.80. The van der Waals surface area contributed by atoms with E-state index in [1.165, 1.54) is 18.9 Å². The summed E-state index contributed by atoms with van der Waals surface area (Å²) in [6.07, 6.45) is 7.58. The third-order valence-corrected chi connectivity index (χ3v) is 6.16. The number of aliphatic imine (C=N–C) groups is 2. The Bertz CT molecular complexity index is 1280. The molecule has 180 valence electrons. The molecule has 2 heterocycles. The van der Waals surface area contributed by atoms with Gasteiger partial charge < -0.3 is 15.0 Å². The van der Waals surface area contributed by atoms with Crippen molar-refractivity contribution in [3.63, 3.8) is 0 Å². The number of nitrogens with one attached hydrogen (secondary N) is 3. The van der Waals surface area contributed by atoms with Gasteiger partial charge in [0.1, 0.15) is 11.8 Å². The Balaban J connectivity index is 1.61. The van der Waals surface area contributed by atoms with Crippen LogP contribution in [0.3, 0.4) is 0 Å². The summed E-state index contributed by atoms with van der Waals surface area (Å²) < 4.78 is 4.58. The number of H-pyrrole nitrogens is 1. The van der Waals surface area contributed by atoms with Crippen LogP contribution in [0.15, 0.2) is 40.5 Å². The molecular formula is C25H27N7O3. The number of ether oxygens (including phenoxy) is 1. The second kappa shape index (κ2) is 9.93. The average molecular weight is 474 g/mol. The first-order valence-corrected chi connectivity index (χ1v) is 11.3. The number of carbonyl (C=O) groups is 2. The Morgan fingerprint density at radius 3 is 2.74 bits per heavy atom. The Morgan fingerprint density at radius 2 is 2.11 bits per heavy atom. The quantitative estimate of drug-likeness (QED) is 0.614. The van der Waals surface area contributed by atoms with Gasteiger partial charge in [0.25, 0.3) is 5.91 Å². The molecule has 0 saturated heterocycles. The van der Waals surface area contributed by atoms with E-state index in [2.05, 4.69) is 61.3 Å². The highest BCUT2D eigenvalue weighted by molar-refractivity contribution is 6.03. The lowest BCUT2D eigenvalue weighted by Gasteiger charge is -2.29.